The molecule has 6 atom stereocenters. The summed E-state index contributed by atoms with van der Waals surface area (Å²) in [6, 6.07) is -2.77. The van der Waals surface area contributed by atoms with Crippen molar-refractivity contribution in [1.29, 1.82) is 0 Å². The summed E-state index contributed by atoms with van der Waals surface area (Å²) in [5.41, 5.74) is 0.846. The Balaban J connectivity index is 2.97. The number of rotatable bonds is 19. The smallest absolute Gasteiger partial charge is 0.404 e. The average Bonchev–Trinajstić information content (AvgIpc) is 3.35. The van der Waals surface area contributed by atoms with Gasteiger partial charge in [0.2, 0.25) is 23.6 Å². The first kappa shape index (κ1) is 39.8. The lowest BCUT2D eigenvalue weighted by Crippen LogP contribution is -2.57. The third kappa shape index (κ3) is 15.0. The molecule has 1 rings (SSSR count). The van der Waals surface area contributed by atoms with Crippen molar-refractivity contribution in [2.75, 3.05) is 13.1 Å². The van der Waals surface area contributed by atoms with Crippen molar-refractivity contribution < 1.29 is 34.2 Å². The lowest BCUT2D eigenvalue weighted by atomic mass is 9.91. The SMILES string of the molecule is Cc1csc(C[C@H](C)C(=O)N[C@@H](CNC(=O)O)C(=O)N[C@@H](CC(C)C)[C@@H](O)C[C@@H](C)C(=O)N[C@H](C(=O)NCC(C)C)C(C)C)n1. The summed E-state index contributed by atoms with van der Waals surface area (Å²) < 4.78 is 0. The van der Waals surface area contributed by atoms with E-state index in [2.05, 4.69) is 31.6 Å². The zero-order chi connectivity index (χ0) is 34.4. The molecule has 45 heavy (non-hydrogen) atoms. The molecule has 13 nitrogen and oxygen atoms in total. The van der Waals surface area contributed by atoms with Gasteiger partial charge >= 0.3 is 6.09 Å². The van der Waals surface area contributed by atoms with Gasteiger partial charge in [-0.3, -0.25) is 19.2 Å². The number of aryl methyl sites for hydroxylation is 1. The number of carbonyl (C=O) groups excluding carboxylic acids is 4. The highest BCUT2D eigenvalue weighted by molar-refractivity contribution is 7.09. The topological polar surface area (TPSA) is 199 Å². The van der Waals surface area contributed by atoms with Crippen LogP contribution in [0.3, 0.4) is 0 Å². The third-order valence-corrected chi connectivity index (χ3v) is 8.17. The highest BCUT2D eigenvalue weighted by Crippen LogP contribution is 2.17. The maximum atomic E-state index is 13.4. The molecule has 0 radical (unpaired) electrons. The van der Waals surface area contributed by atoms with E-state index in [1.807, 2.05) is 53.8 Å². The molecule has 0 aromatic carbocycles. The summed E-state index contributed by atoms with van der Waals surface area (Å²) in [6.45, 7) is 16.7. The van der Waals surface area contributed by atoms with E-state index in [0.29, 0.717) is 19.4 Å². The molecule has 0 bridgehead atoms. The minimum Gasteiger partial charge on any atom is -0.465 e. The quantitative estimate of drug-likeness (QED) is 0.118. The molecule has 256 valence electrons. The molecule has 0 aliphatic heterocycles. The fourth-order valence-corrected chi connectivity index (χ4v) is 5.45. The first-order valence-electron chi connectivity index (χ1n) is 15.7. The van der Waals surface area contributed by atoms with E-state index >= 15 is 0 Å². The van der Waals surface area contributed by atoms with Crippen LogP contribution in [0.15, 0.2) is 5.38 Å². The fourth-order valence-electron chi connectivity index (χ4n) is 4.55. The van der Waals surface area contributed by atoms with Gasteiger partial charge in [-0.2, -0.15) is 0 Å². The van der Waals surface area contributed by atoms with Crippen LogP contribution >= 0.6 is 11.3 Å². The van der Waals surface area contributed by atoms with Crippen molar-refractivity contribution >= 4 is 41.1 Å². The zero-order valence-corrected chi connectivity index (χ0v) is 28.9. The Labute approximate surface area is 271 Å². The lowest BCUT2D eigenvalue weighted by Gasteiger charge is -2.30. The minimum absolute atomic E-state index is 0.00338. The van der Waals surface area contributed by atoms with E-state index in [-0.39, 0.29) is 36.6 Å². The molecule has 1 aromatic rings. The second kappa shape index (κ2) is 19.3. The molecule has 0 aliphatic carbocycles. The second-order valence-corrected chi connectivity index (χ2v) is 14.0. The van der Waals surface area contributed by atoms with Crippen LogP contribution in [-0.2, 0) is 25.6 Å². The Hall–Kier alpha value is -3.26. The van der Waals surface area contributed by atoms with E-state index in [9.17, 15) is 29.1 Å². The molecule has 14 heteroatoms. The highest BCUT2D eigenvalue weighted by Gasteiger charge is 2.32. The van der Waals surface area contributed by atoms with Gasteiger partial charge in [0.1, 0.15) is 12.1 Å². The highest BCUT2D eigenvalue weighted by atomic mass is 32.1. The van der Waals surface area contributed by atoms with Crippen LogP contribution in [0.25, 0.3) is 0 Å². The van der Waals surface area contributed by atoms with Crippen LogP contribution in [0.1, 0.15) is 78.9 Å². The van der Waals surface area contributed by atoms with Gasteiger partial charge in [0.15, 0.2) is 0 Å². The molecule has 0 spiro atoms. The molecule has 7 N–H and O–H groups in total. The Morgan fingerprint density at radius 3 is 1.91 bits per heavy atom. The standard InChI is InChI=1S/C31H54N6O7S/c1-16(2)10-22(24(38)11-19(7)28(40)37-26(18(5)6)30(42)32-13-17(3)4)35-29(41)23(14-33-31(43)44)36-27(39)20(8)12-25-34-21(9)15-45-25/h15-20,22-24,26,33,38H,10-14H2,1-9H3,(H,32,42)(H,35,41)(H,36,39)(H,37,40)(H,43,44)/t19-,20+,22+,23+,24+,26+/m1/s1. The number of carboxylic acid groups (broad SMARTS) is 1. The van der Waals surface area contributed by atoms with Crippen LogP contribution in [-0.4, -0.2) is 82.2 Å². The van der Waals surface area contributed by atoms with Gasteiger partial charge in [-0.05, 0) is 37.5 Å². The van der Waals surface area contributed by atoms with Gasteiger partial charge in [0.05, 0.1) is 23.7 Å². The third-order valence-electron chi connectivity index (χ3n) is 7.18. The van der Waals surface area contributed by atoms with Crippen molar-refractivity contribution in [2.24, 2.45) is 29.6 Å². The van der Waals surface area contributed by atoms with Crippen molar-refractivity contribution in [3.05, 3.63) is 16.1 Å². The molecule has 0 aliphatic rings. The van der Waals surface area contributed by atoms with Crippen LogP contribution < -0.4 is 26.6 Å². The van der Waals surface area contributed by atoms with Gasteiger partial charge in [0.25, 0.3) is 0 Å². The lowest BCUT2D eigenvalue weighted by molar-refractivity contribution is -0.133. The van der Waals surface area contributed by atoms with Crippen molar-refractivity contribution in [2.45, 2.75) is 106 Å². The van der Waals surface area contributed by atoms with Gasteiger partial charge in [-0.1, -0.05) is 55.4 Å². The largest absolute Gasteiger partial charge is 0.465 e. The van der Waals surface area contributed by atoms with Gasteiger partial charge in [-0.25, -0.2) is 9.78 Å². The number of nitrogens with zero attached hydrogens (tertiary/aromatic N) is 1. The van der Waals surface area contributed by atoms with E-state index in [0.717, 1.165) is 10.7 Å². The number of amides is 5. The Morgan fingerprint density at radius 2 is 1.40 bits per heavy atom. The summed E-state index contributed by atoms with van der Waals surface area (Å²) in [5.74, 6) is -2.87. The average molecular weight is 655 g/mol. The summed E-state index contributed by atoms with van der Waals surface area (Å²) in [6.07, 6.45) is -1.78. The summed E-state index contributed by atoms with van der Waals surface area (Å²) in [4.78, 5) is 67.7. The number of hydrogen-bond acceptors (Lipinski definition) is 8. The number of aliphatic hydroxyl groups is 1. The first-order chi connectivity index (χ1) is 20.9. The molecule has 0 unspecified atom stereocenters. The van der Waals surface area contributed by atoms with E-state index < -0.39 is 59.9 Å². The predicted molar refractivity (Wildman–Crippen MR) is 173 cm³/mol. The zero-order valence-electron chi connectivity index (χ0n) is 28.1. The monoisotopic (exact) mass is 654 g/mol. The summed E-state index contributed by atoms with van der Waals surface area (Å²) in [7, 11) is 0. The van der Waals surface area contributed by atoms with Crippen LogP contribution in [0.2, 0.25) is 0 Å². The summed E-state index contributed by atoms with van der Waals surface area (Å²) in [5, 5.41) is 36.2. The maximum absolute atomic E-state index is 13.4. The molecular formula is C31H54N6O7S. The number of thiazole rings is 1. The van der Waals surface area contributed by atoms with Crippen LogP contribution in [0, 0.1) is 36.5 Å². The number of aromatic nitrogens is 1. The van der Waals surface area contributed by atoms with Crippen LogP contribution in [0.4, 0.5) is 4.79 Å². The Kier molecular flexibility index (Phi) is 17.1. The number of hydrogen-bond donors (Lipinski definition) is 7. The molecule has 5 amide bonds. The van der Waals surface area contributed by atoms with Gasteiger partial charge in [0, 0.05) is 35.9 Å². The molecule has 1 aromatic heterocycles. The Morgan fingerprint density at radius 1 is 0.778 bits per heavy atom. The number of carbonyl (C=O) groups is 5. The second-order valence-electron chi connectivity index (χ2n) is 13.1. The predicted octanol–water partition coefficient (Wildman–Crippen LogP) is 2.21. The fraction of sp³-hybridized carbons (Fsp3) is 0.742. The van der Waals surface area contributed by atoms with Crippen LogP contribution in [0.5, 0.6) is 0 Å². The molecular weight excluding hydrogens is 600 g/mol. The Bertz CT molecular complexity index is 1130. The number of nitrogens with one attached hydrogen (secondary N) is 5. The minimum atomic E-state index is -1.36. The molecule has 1 heterocycles. The first-order valence-corrected chi connectivity index (χ1v) is 16.5. The van der Waals surface area contributed by atoms with Gasteiger partial charge < -0.3 is 36.8 Å². The van der Waals surface area contributed by atoms with Crippen molar-refractivity contribution in [3.63, 3.8) is 0 Å². The maximum Gasteiger partial charge on any atom is 0.404 e. The van der Waals surface area contributed by atoms with E-state index in [1.165, 1.54) is 11.3 Å². The normalized spacial score (nSPS) is 15.5. The molecule has 0 saturated carbocycles. The molecule has 0 fully saturated rings. The molecule has 0 saturated heterocycles. The summed E-state index contributed by atoms with van der Waals surface area (Å²) >= 11 is 1.43. The van der Waals surface area contributed by atoms with Crippen molar-refractivity contribution in [1.82, 2.24) is 31.6 Å². The van der Waals surface area contributed by atoms with E-state index in [1.54, 1.807) is 13.8 Å². The van der Waals surface area contributed by atoms with E-state index in [4.69, 9.17) is 5.11 Å². The number of aliphatic hydroxyl groups excluding tert-OH is 1. The van der Waals surface area contributed by atoms with Crippen molar-refractivity contribution in [3.8, 4) is 0 Å². The van der Waals surface area contributed by atoms with Gasteiger partial charge in [-0.15, -0.1) is 11.3 Å².